The highest BCUT2D eigenvalue weighted by molar-refractivity contribution is 5.91. The number of carbonyl (C=O) groups is 1. The summed E-state index contributed by atoms with van der Waals surface area (Å²) in [6.07, 6.45) is 3.54. The second kappa shape index (κ2) is 4.13. The van der Waals surface area contributed by atoms with E-state index in [1.807, 2.05) is 13.8 Å². The molecular formula is C7H13NO. The van der Waals surface area contributed by atoms with Gasteiger partial charge in [-0.15, -0.1) is 0 Å². The smallest absolute Gasteiger partial charge is 0.244 e. The molecule has 0 aromatic heterocycles. The summed E-state index contributed by atoms with van der Waals surface area (Å²) < 4.78 is 0. The van der Waals surface area contributed by atoms with Crippen LogP contribution in [0.1, 0.15) is 26.7 Å². The minimum Gasteiger partial charge on any atom is -0.366 e. The van der Waals surface area contributed by atoms with Crippen molar-refractivity contribution in [3.8, 4) is 0 Å². The lowest BCUT2D eigenvalue weighted by atomic mass is 10.1. The largest absolute Gasteiger partial charge is 0.366 e. The van der Waals surface area contributed by atoms with Crippen LogP contribution in [0.25, 0.3) is 0 Å². The number of rotatable bonds is 3. The fourth-order valence-corrected chi connectivity index (χ4v) is 0.679. The zero-order chi connectivity index (χ0) is 7.28. The Hall–Kier alpha value is -0.790. The zero-order valence-corrected chi connectivity index (χ0v) is 5.98. The zero-order valence-electron chi connectivity index (χ0n) is 5.98. The maximum atomic E-state index is 10.5. The predicted octanol–water partition coefficient (Wildman–Crippen LogP) is 1.22. The van der Waals surface area contributed by atoms with Crippen molar-refractivity contribution in [1.82, 2.24) is 0 Å². The minimum absolute atomic E-state index is 0.292. The van der Waals surface area contributed by atoms with Crippen molar-refractivity contribution in [3.63, 3.8) is 0 Å². The number of hydrogen-bond donors (Lipinski definition) is 1. The third kappa shape index (κ3) is 2.90. The quantitative estimate of drug-likeness (QED) is 0.569. The number of carbonyl (C=O) groups excluding carboxylic acids is 1. The number of amides is 1. The van der Waals surface area contributed by atoms with Crippen LogP contribution in [0, 0.1) is 0 Å². The van der Waals surface area contributed by atoms with E-state index in [4.69, 9.17) is 5.73 Å². The first-order valence-corrected chi connectivity index (χ1v) is 3.17. The Morgan fingerprint density at radius 1 is 1.67 bits per heavy atom. The molecule has 0 aliphatic rings. The molecule has 0 aromatic rings. The lowest BCUT2D eigenvalue weighted by molar-refractivity contribution is -0.114. The highest BCUT2D eigenvalue weighted by Gasteiger charge is 1.99. The third-order valence-electron chi connectivity index (χ3n) is 1.18. The summed E-state index contributed by atoms with van der Waals surface area (Å²) in [6.45, 7) is 3.85. The van der Waals surface area contributed by atoms with Crippen molar-refractivity contribution in [2.24, 2.45) is 5.73 Å². The van der Waals surface area contributed by atoms with Crippen molar-refractivity contribution >= 4 is 5.91 Å². The topological polar surface area (TPSA) is 43.1 Å². The molecule has 1 amide bonds. The number of hydrogen-bond acceptors (Lipinski definition) is 1. The van der Waals surface area contributed by atoms with Crippen LogP contribution in [0.15, 0.2) is 11.6 Å². The van der Waals surface area contributed by atoms with E-state index in [1.165, 1.54) is 0 Å². The maximum absolute atomic E-state index is 10.5. The van der Waals surface area contributed by atoms with E-state index in [-0.39, 0.29) is 5.91 Å². The van der Waals surface area contributed by atoms with Gasteiger partial charge in [-0.05, 0) is 13.3 Å². The van der Waals surface area contributed by atoms with Gasteiger partial charge in [-0.3, -0.25) is 4.79 Å². The fourth-order valence-electron chi connectivity index (χ4n) is 0.679. The molecule has 0 aliphatic carbocycles. The second-order valence-corrected chi connectivity index (χ2v) is 1.93. The number of nitrogens with two attached hydrogens (primary N) is 1. The van der Waals surface area contributed by atoms with Crippen molar-refractivity contribution in [2.45, 2.75) is 26.7 Å². The van der Waals surface area contributed by atoms with Gasteiger partial charge in [-0.2, -0.15) is 0 Å². The Labute approximate surface area is 55.7 Å². The van der Waals surface area contributed by atoms with Gasteiger partial charge >= 0.3 is 0 Å². The molecule has 9 heavy (non-hydrogen) atoms. The van der Waals surface area contributed by atoms with E-state index < -0.39 is 0 Å². The molecule has 2 heteroatoms. The molecule has 0 radical (unpaired) electrons. The molecule has 0 heterocycles. The van der Waals surface area contributed by atoms with Crippen LogP contribution in [-0.4, -0.2) is 5.91 Å². The SMILES string of the molecule is CC=C(CCC)C(N)=O. The first-order chi connectivity index (χ1) is 4.22. The summed E-state index contributed by atoms with van der Waals surface area (Å²) in [5.41, 5.74) is 5.76. The Balaban J connectivity index is 3.85. The molecule has 2 nitrogen and oxygen atoms in total. The Morgan fingerprint density at radius 3 is 2.33 bits per heavy atom. The predicted molar refractivity (Wildman–Crippen MR) is 37.9 cm³/mol. The molecule has 0 bridgehead atoms. The summed E-state index contributed by atoms with van der Waals surface area (Å²) in [5.74, 6) is -0.292. The van der Waals surface area contributed by atoms with E-state index in [2.05, 4.69) is 0 Å². The van der Waals surface area contributed by atoms with Gasteiger partial charge in [0.1, 0.15) is 0 Å². The Morgan fingerprint density at radius 2 is 2.22 bits per heavy atom. The van der Waals surface area contributed by atoms with Gasteiger partial charge in [0.25, 0.3) is 0 Å². The summed E-state index contributed by atoms with van der Waals surface area (Å²) in [7, 11) is 0. The fraction of sp³-hybridized carbons (Fsp3) is 0.571. The molecule has 0 saturated carbocycles. The Kier molecular flexibility index (Phi) is 3.76. The summed E-state index contributed by atoms with van der Waals surface area (Å²) in [4.78, 5) is 10.5. The molecule has 0 spiro atoms. The maximum Gasteiger partial charge on any atom is 0.244 e. The van der Waals surface area contributed by atoms with Gasteiger partial charge in [0.2, 0.25) is 5.91 Å². The molecule has 0 fully saturated rings. The molecule has 0 aliphatic heterocycles. The second-order valence-electron chi connectivity index (χ2n) is 1.93. The number of primary amides is 1. The van der Waals surface area contributed by atoms with Crippen LogP contribution >= 0.6 is 0 Å². The van der Waals surface area contributed by atoms with E-state index in [0.717, 1.165) is 18.4 Å². The van der Waals surface area contributed by atoms with Crippen LogP contribution in [-0.2, 0) is 4.79 Å². The van der Waals surface area contributed by atoms with Crippen molar-refractivity contribution in [3.05, 3.63) is 11.6 Å². The third-order valence-corrected chi connectivity index (χ3v) is 1.18. The van der Waals surface area contributed by atoms with E-state index in [1.54, 1.807) is 6.08 Å². The minimum atomic E-state index is -0.292. The van der Waals surface area contributed by atoms with Crippen LogP contribution < -0.4 is 5.73 Å². The summed E-state index contributed by atoms with van der Waals surface area (Å²) in [6, 6.07) is 0. The van der Waals surface area contributed by atoms with Crippen LogP contribution in [0.2, 0.25) is 0 Å². The summed E-state index contributed by atoms with van der Waals surface area (Å²) >= 11 is 0. The van der Waals surface area contributed by atoms with Gasteiger partial charge in [0.15, 0.2) is 0 Å². The average molecular weight is 127 g/mol. The van der Waals surface area contributed by atoms with Gasteiger partial charge in [0.05, 0.1) is 0 Å². The van der Waals surface area contributed by atoms with Crippen LogP contribution in [0.3, 0.4) is 0 Å². The lowest BCUT2D eigenvalue weighted by Gasteiger charge is -1.96. The highest BCUT2D eigenvalue weighted by atomic mass is 16.1. The van der Waals surface area contributed by atoms with Crippen molar-refractivity contribution in [1.29, 1.82) is 0 Å². The molecule has 2 N–H and O–H groups in total. The average Bonchev–Trinajstić information content (AvgIpc) is 1.82. The lowest BCUT2D eigenvalue weighted by Crippen LogP contribution is -2.13. The molecule has 0 aromatic carbocycles. The molecule has 0 unspecified atom stereocenters. The van der Waals surface area contributed by atoms with Gasteiger partial charge in [-0.1, -0.05) is 19.4 Å². The van der Waals surface area contributed by atoms with E-state index in [0.29, 0.717) is 0 Å². The molecule has 0 atom stereocenters. The number of allylic oxidation sites excluding steroid dienone is 1. The molecular weight excluding hydrogens is 114 g/mol. The van der Waals surface area contributed by atoms with Gasteiger partial charge in [-0.25, -0.2) is 0 Å². The van der Waals surface area contributed by atoms with Gasteiger partial charge in [0, 0.05) is 5.57 Å². The van der Waals surface area contributed by atoms with E-state index >= 15 is 0 Å². The normalized spacial score (nSPS) is 11.6. The van der Waals surface area contributed by atoms with Gasteiger partial charge < -0.3 is 5.73 Å². The highest BCUT2D eigenvalue weighted by Crippen LogP contribution is 2.01. The molecule has 0 rings (SSSR count). The van der Waals surface area contributed by atoms with E-state index in [9.17, 15) is 4.79 Å². The monoisotopic (exact) mass is 127 g/mol. The summed E-state index contributed by atoms with van der Waals surface area (Å²) in [5, 5.41) is 0. The first kappa shape index (κ1) is 8.21. The standard InChI is InChI=1S/C7H13NO/c1-3-5-6(4-2)7(8)9/h4H,3,5H2,1-2H3,(H2,8,9). The first-order valence-electron chi connectivity index (χ1n) is 3.17. The van der Waals surface area contributed by atoms with Crippen LogP contribution in [0.4, 0.5) is 0 Å². The van der Waals surface area contributed by atoms with Crippen molar-refractivity contribution in [2.75, 3.05) is 0 Å². The van der Waals surface area contributed by atoms with Crippen LogP contribution in [0.5, 0.6) is 0 Å². The Bertz CT molecular complexity index is 127. The molecule has 0 saturated heterocycles. The molecule has 52 valence electrons. The van der Waals surface area contributed by atoms with Crippen molar-refractivity contribution < 1.29 is 4.79 Å².